The van der Waals surface area contributed by atoms with Gasteiger partial charge in [-0.2, -0.15) is 0 Å². The highest BCUT2D eigenvalue weighted by atomic mass is 16.4. The van der Waals surface area contributed by atoms with Gasteiger partial charge in [0.05, 0.1) is 0 Å². The molecule has 0 saturated carbocycles. The zero-order valence-corrected chi connectivity index (χ0v) is 17.6. The first-order chi connectivity index (χ1) is 14.8. The molecule has 0 spiro atoms. The van der Waals surface area contributed by atoms with Gasteiger partial charge < -0.3 is 26.1 Å². The van der Waals surface area contributed by atoms with Gasteiger partial charge in [0.1, 0.15) is 11.6 Å². The molecule has 1 heterocycles. The summed E-state index contributed by atoms with van der Waals surface area (Å²) in [5, 5.41) is 17.0. The normalized spacial score (nSPS) is 11.7. The van der Waals surface area contributed by atoms with Crippen LogP contribution in [0.2, 0.25) is 0 Å². The first-order valence-corrected chi connectivity index (χ1v) is 10.1. The van der Waals surface area contributed by atoms with Crippen LogP contribution in [0.3, 0.4) is 0 Å². The van der Waals surface area contributed by atoms with Crippen LogP contribution in [0.4, 0.5) is 11.4 Å². The number of carbonyl (C=O) groups is 1. The number of hydrogen-bond acceptors (Lipinski definition) is 5. The van der Waals surface area contributed by atoms with Gasteiger partial charge in [0.25, 0.3) is 0 Å². The van der Waals surface area contributed by atoms with Crippen LogP contribution in [0.1, 0.15) is 24.0 Å². The van der Waals surface area contributed by atoms with E-state index < -0.39 is 11.7 Å². The van der Waals surface area contributed by atoms with Crippen molar-refractivity contribution in [3.05, 3.63) is 70.1 Å². The SMILES string of the molecule is Cc1ccc(N[C@@H](CCCNC(=N)N)C(=O)Nc2ccc3c(C)cc(=O)oc3c2)cc1. The van der Waals surface area contributed by atoms with Crippen molar-refractivity contribution in [3.63, 3.8) is 0 Å². The molecule has 0 aliphatic carbocycles. The van der Waals surface area contributed by atoms with Crippen molar-refractivity contribution in [1.29, 1.82) is 5.41 Å². The molecule has 1 amide bonds. The zero-order valence-electron chi connectivity index (χ0n) is 17.6. The third-order valence-corrected chi connectivity index (χ3v) is 4.91. The van der Waals surface area contributed by atoms with Crippen LogP contribution in [-0.4, -0.2) is 24.5 Å². The number of rotatable bonds is 8. The fraction of sp³-hybridized carbons (Fsp3) is 0.261. The molecule has 0 radical (unpaired) electrons. The van der Waals surface area contributed by atoms with E-state index in [-0.39, 0.29) is 11.9 Å². The van der Waals surface area contributed by atoms with Crippen LogP contribution in [0.15, 0.2) is 57.7 Å². The van der Waals surface area contributed by atoms with Crippen molar-refractivity contribution in [2.24, 2.45) is 5.73 Å². The molecule has 162 valence electrons. The Balaban J connectivity index is 1.76. The lowest BCUT2D eigenvalue weighted by atomic mass is 10.1. The Morgan fingerprint density at radius 2 is 1.81 bits per heavy atom. The smallest absolute Gasteiger partial charge is 0.336 e. The van der Waals surface area contributed by atoms with Crippen molar-refractivity contribution in [1.82, 2.24) is 5.32 Å². The summed E-state index contributed by atoms with van der Waals surface area (Å²) in [6.45, 7) is 4.34. The number of hydrogen-bond donors (Lipinski definition) is 5. The summed E-state index contributed by atoms with van der Waals surface area (Å²) in [5.41, 5.74) is 8.66. The Morgan fingerprint density at radius 3 is 2.52 bits per heavy atom. The van der Waals surface area contributed by atoms with E-state index in [4.69, 9.17) is 15.6 Å². The monoisotopic (exact) mass is 421 g/mol. The standard InChI is InChI=1S/C23H27N5O3/c1-14-5-7-16(8-6-14)27-19(4-3-11-26-23(24)25)22(30)28-17-9-10-18-15(2)12-21(29)31-20(18)13-17/h5-10,12-13,19,27H,3-4,11H2,1-2H3,(H,28,30)(H4,24,25,26)/t19-/m0/s1. The van der Waals surface area contributed by atoms with Gasteiger partial charge in [0, 0.05) is 35.4 Å². The van der Waals surface area contributed by atoms with Crippen LogP contribution in [-0.2, 0) is 4.79 Å². The molecule has 8 heteroatoms. The minimum absolute atomic E-state index is 0.0968. The molecule has 0 saturated heterocycles. The average Bonchev–Trinajstić information content (AvgIpc) is 2.71. The minimum Gasteiger partial charge on any atom is -0.423 e. The van der Waals surface area contributed by atoms with E-state index in [0.29, 0.717) is 30.7 Å². The summed E-state index contributed by atoms with van der Waals surface area (Å²) < 4.78 is 5.27. The van der Waals surface area contributed by atoms with Gasteiger partial charge in [-0.3, -0.25) is 10.2 Å². The van der Waals surface area contributed by atoms with Crippen molar-refractivity contribution in [2.75, 3.05) is 17.2 Å². The van der Waals surface area contributed by atoms with E-state index in [0.717, 1.165) is 22.2 Å². The zero-order chi connectivity index (χ0) is 22.4. The van der Waals surface area contributed by atoms with Crippen LogP contribution in [0, 0.1) is 19.3 Å². The first-order valence-electron chi connectivity index (χ1n) is 10.1. The number of nitrogens with two attached hydrogens (primary N) is 1. The summed E-state index contributed by atoms with van der Waals surface area (Å²) in [4.78, 5) is 24.7. The summed E-state index contributed by atoms with van der Waals surface area (Å²) in [6.07, 6.45) is 1.17. The fourth-order valence-corrected chi connectivity index (χ4v) is 3.28. The molecule has 3 aromatic rings. The number of fused-ring (bicyclic) bond motifs is 1. The molecular formula is C23H27N5O3. The lowest BCUT2D eigenvalue weighted by molar-refractivity contribution is -0.117. The van der Waals surface area contributed by atoms with E-state index in [9.17, 15) is 9.59 Å². The van der Waals surface area contributed by atoms with Crippen molar-refractivity contribution in [3.8, 4) is 0 Å². The third-order valence-electron chi connectivity index (χ3n) is 4.91. The molecule has 6 N–H and O–H groups in total. The fourth-order valence-electron chi connectivity index (χ4n) is 3.28. The largest absolute Gasteiger partial charge is 0.423 e. The molecule has 0 aliphatic heterocycles. The number of amides is 1. The molecule has 0 fully saturated rings. The third kappa shape index (κ3) is 6.08. The maximum Gasteiger partial charge on any atom is 0.336 e. The number of guanidine groups is 1. The first kappa shape index (κ1) is 21.9. The van der Waals surface area contributed by atoms with Gasteiger partial charge in [-0.1, -0.05) is 17.7 Å². The second-order valence-electron chi connectivity index (χ2n) is 7.49. The highest BCUT2D eigenvalue weighted by Crippen LogP contribution is 2.21. The summed E-state index contributed by atoms with van der Waals surface area (Å²) in [6, 6.07) is 14.0. The Labute approximate surface area is 180 Å². The molecule has 0 bridgehead atoms. The predicted molar refractivity (Wildman–Crippen MR) is 124 cm³/mol. The maximum absolute atomic E-state index is 13.0. The van der Waals surface area contributed by atoms with E-state index >= 15 is 0 Å². The molecule has 1 aromatic heterocycles. The van der Waals surface area contributed by atoms with Gasteiger partial charge in [-0.05, 0) is 56.5 Å². The van der Waals surface area contributed by atoms with E-state index in [1.54, 1.807) is 12.1 Å². The summed E-state index contributed by atoms with van der Waals surface area (Å²) >= 11 is 0. The van der Waals surface area contributed by atoms with Crippen molar-refractivity contribution in [2.45, 2.75) is 32.7 Å². The summed E-state index contributed by atoms with van der Waals surface area (Å²) in [5.74, 6) is -0.307. The minimum atomic E-state index is -0.503. The highest BCUT2D eigenvalue weighted by Gasteiger charge is 2.19. The van der Waals surface area contributed by atoms with E-state index in [1.807, 2.05) is 44.2 Å². The number of benzene rings is 2. The second-order valence-corrected chi connectivity index (χ2v) is 7.49. The number of anilines is 2. The molecule has 3 rings (SSSR count). The molecule has 8 nitrogen and oxygen atoms in total. The Kier molecular flexibility index (Phi) is 6.92. The predicted octanol–water partition coefficient (Wildman–Crippen LogP) is 3.09. The molecular weight excluding hydrogens is 394 g/mol. The van der Waals surface area contributed by atoms with Crippen LogP contribution in [0.5, 0.6) is 0 Å². The van der Waals surface area contributed by atoms with Gasteiger partial charge in [0.15, 0.2) is 5.96 Å². The number of carbonyl (C=O) groups excluding carboxylic acids is 1. The van der Waals surface area contributed by atoms with Crippen LogP contribution < -0.4 is 27.3 Å². The molecule has 31 heavy (non-hydrogen) atoms. The molecule has 2 aromatic carbocycles. The Bertz CT molecular complexity index is 1140. The lowest BCUT2D eigenvalue weighted by Gasteiger charge is -2.20. The average molecular weight is 422 g/mol. The van der Waals surface area contributed by atoms with Gasteiger partial charge in [-0.15, -0.1) is 0 Å². The molecule has 0 unspecified atom stereocenters. The van der Waals surface area contributed by atoms with Gasteiger partial charge >= 0.3 is 5.63 Å². The lowest BCUT2D eigenvalue weighted by Crippen LogP contribution is -2.36. The Morgan fingerprint density at radius 1 is 1.10 bits per heavy atom. The van der Waals surface area contributed by atoms with E-state index in [1.165, 1.54) is 6.07 Å². The van der Waals surface area contributed by atoms with Crippen LogP contribution >= 0.6 is 0 Å². The number of nitrogens with one attached hydrogen (secondary N) is 4. The van der Waals surface area contributed by atoms with Crippen molar-refractivity contribution >= 4 is 34.2 Å². The Hall–Kier alpha value is -3.81. The van der Waals surface area contributed by atoms with E-state index in [2.05, 4.69) is 16.0 Å². The topological polar surface area (TPSA) is 133 Å². The number of aryl methyl sites for hydroxylation is 2. The maximum atomic E-state index is 13.0. The highest BCUT2D eigenvalue weighted by molar-refractivity contribution is 5.98. The second kappa shape index (κ2) is 9.80. The van der Waals surface area contributed by atoms with Crippen molar-refractivity contribution < 1.29 is 9.21 Å². The quantitative estimate of drug-likeness (QED) is 0.164. The molecule has 1 atom stereocenters. The van der Waals surface area contributed by atoms with Gasteiger partial charge in [0.2, 0.25) is 5.91 Å². The van der Waals surface area contributed by atoms with Gasteiger partial charge in [-0.25, -0.2) is 4.79 Å². The molecule has 0 aliphatic rings. The summed E-state index contributed by atoms with van der Waals surface area (Å²) in [7, 11) is 0. The van der Waals surface area contributed by atoms with Crippen LogP contribution in [0.25, 0.3) is 11.0 Å².